The van der Waals surface area contributed by atoms with Crippen LogP contribution in [0.15, 0.2) is 54.9 Å². The minimum atomic E-state index is -0.586. The molecule has 2 atom stereocenters. The molecular formula is C23H27FN4O2. The van der Waals surface area contributed by atoms with E-state index < -0.39 is 6.10 Å². The van der Waals surface area contributed by atoms with Gasteiger partial charge in [0, 0.05) is 63.8 Å². The Morgan fingerprint density at radius 1 is 1.07 bits per heavy atom. The first-order chi connectivity index (χ1) is 14.6. The van der Waals surface area contributed by atoms with Gasteiger partial charge in [0.2, 0.25) is 5.91 Å². The molecule has 0 aliphatic carbocycles. The second-order valence-electron chi connectivity index (χ2n) is 7.80. The maximum Gasteiger partial charge on any atom is 0.246 e. The van der Waals surface area contributed by atoms with Gasteiger partial charge in [-0.15, -0.1) is 0 Å². The number of β-amino-alcohol motifs (C(OH)–C–C–N with tert-alkyl or cyclic N) is 1. The lowest BCUT2D eigenvalue weighted by Gasteiger charge is -2.45. The zero-order chi connectivity index (χ0) is 20.9. The molecule has 2 aromatic rings. The third-order valence-corrected chi connectivity index (χ3v) is 5.96. The number of aliphatic hydroxyl groups is 1. The summed E-state index contributed by atoms with van der Waals surface area (Å²) in [6.07, 6.45) is 6.84. The maximum absolute atomic E-state index is 14.0. The van der Waals surface area contributed by atoms with Crippen LogP contribution in [-0.2, 0) is 4.79 Å². The number of benzene rings is 1. The molecule has 2 aliphatic rings. The van der Waals surface area contributed by atoms with E-state index in [-0.39, 0.29) is 17.8 Å². The zero-order valence-electron chi connectivity index (χ0n) is 16.9. The van der Waals surface area contributed by atoms with Gasteiger partial charge in [-0.1, -0.05) is 12.1 Å². The van der Waals surface area contributed by atoms with Crippen LogP contribution in [0.3, 0.4) is 0 Å². The highest BCUT2D eigenvalue weighted by Gasteiger charge is 2.35. The Bertz CT molecular complexity index is 884. The van der Waals surface area contributed by atoms with Crippen molar-refractivity contribution in [2.24, 2.45) is 0 Å². The predicted molar refractivity (Wildman–Crippen MR) is 114 cm³/mol. The SMILES string of the molecule is O=C(/C=C/c1ccncc1)N1CC[C@@H](N2CCN(c3ccccc3F)CC2)[C@H](O)C1. The van der Waals surface area contributed by atoms with E-state index >= 15 is 0 Å². The first-order valence-electron chi connectivity index (χ1n) is 10.4. The molecule has 3 heterocycles. The van der Waals surface area contributed by atoms with E-state index in [2.05, 4.69) is 14.8 Å². The number of nitrogens with zero attached hydrogens (tertiary/aromatic N) is 4. The van der Waals surface area contributed by atoms with Crippen LogP contribution in [0.1, 0.15) is 12.0 Å². The number of hydrogen-bond acceptors (Lipinski definition) is 5. The number of hydrogen-bond donors (Lipinski definition) is 1. The third kappa shape index (κ3) is 4.68. The fraction of sp³-hybridized carbons (Fsp3) is 0.391. The standard InChI is InChI=1S/C23H27FN4O2/c24-19-3-1-2-4-20(19)26-13-15-27(16-14-26)21-9-12-28(17-22(21)29)23(30)6-5-18-7-10-25-11-8-18/h1-8,10-11,21-22,29H,9,12-17H2/b6-5+/t21-,22-/m1/s1. The molecule has 158 valence electrons. The molecule has 2 aliphatic heterocycles. The second kappa shape index (κ2) is 9.36. The number of carbonyl (C=O) groups excluding carboxylic acids is 1. The van der Waals surface area contributed by atoms with Gasteiger partial charge in [-0.05, 0) is 42.3 Å². The van der Waals surface area contributed by atoms with Gasteiger partial charge in [0.1, 0.15) is 5.82 Å². The molecule has 0 unspecified atom stereocenters. The largest absolute Gasteiger partial charge is 0.390 e. The van der Waals surface area contributed by atoms with Gasteiger partial charge >= 0.3 is 0 Å². The molecule has 2 saturated heterocycles. The number of anilines is 1. The number of aromatic nitrogens is 1. The molecule has 1 N–H and O–H groups in total. The predicted octanol–water partition coefficient (Wildman–Crippen LogP) is 2.02. The Morgan fingerprint density at radius 3 is 2.50 bits per heavy atom. The highest BCUT2D eigenvalue weighted by molar-refractivity contribution is 5.91. The average molecular weight is 410 g/mol. The minimum Gasteiger partial charge on any atom is -0.390 e. The summed E-state index contributed by atoms with van der Waals surface area (Å²) in [5, 5.41) is 10.7. The summed E-state index contributed by atoms with van der Waals surface area (Å²) < 4.78 is 14.0. The third-order valence-electron chi connectivity index (χ3n) is 5.96. The molecule has 1 amide bonds. The lowest BCUT2D eigenvalue weighted by Crippen LogP contribution is -2.59. The van der Waals surface area contributed by atoms with E-state index in [4.69, 9.17) is 0 Å². The highest BCUT2D eigenvalue weighted by Crippen LogP contribution is 2.23. The lowest BCUT2D eigenvalue weighted by atomic mass is 9.99. The van der Waals surface area contributed by atoms with E-state index in [1.165, 1.54) is 6.07 Å². The molecule has 1 aromatic carbocycles. The molecule has 0 saturated carbocycles. The van der Waals surface area contributed by atoms with Crippen LogP contribution < -0.4 is 4.90 Å². The van der Waals surface area contributed by atoms with Crippen LogP contribution in [0.2, 0.25) is 0 Å². The molecule has 30 heavy (non-hydrogen) atoms. The smallest absolute Gasteiger partial charge is 0.246 e. The highest BCUT2D eigenvalue weighted by atomic mass is 19.1. The Balaban J connectivity index is 1.29. The summed E-state index contributed by atoms with van der Waals surface area (Å²) in [7, 11) is 0. The first kappa shape index (κ1) is 20.5. The number of amides is 1. The van der Waals surface area contributed by atoms with Crippen molar-refractivity contribution in [3.05, 3.63) is 66.2 Å². The number of piperazine rings is 1. The number of para-hydroxylation sites is 1. The molecule has 2 fully saturated rings. The van der Waals surface area contributed by atoms with Crippen molar-refractivity contribution < 1.29 is 14.3 Å². The topological polar surface area (TPSA) is 59.9 Å². The van der Waals surface area contributed by atoms with Gasteiger partial charge in [-0.25, -0.2) is 4.39 Å². The summed E-state index contributed by atoms with van der Waals surface area (Å²) in [5.74, 6) is -0.286. The first-order valence-corrected chi connectivity index (χ1v) is 10.4. The van der Waals surface area contributed by atoms with Crippen LogP contribution in [0, 0.1) is 5.82 Å². The van der Waals surface area contributed by atoms with Crippen molar-refractivity contribution in [2.45, 2.75) is 18.6 Å². The summed E-state index contributed by atoms with van der Waals surface area (Å²) in [4.78, 5) is 22.5. The molecule has 6 nitrogen and oxygen atoms in total. The summed E-state index contributed by atoms with van der Waals surface area (Å²) in [6, 6.07) is 10.6. The van der Waals surface area contributed by atoms with Crippen molar-refractivity contribution in [2.75, 3.05) is 44.2 Å². The fourth-order valence-corrected chi connectivity index (χ4v) is 4.30. The van der Waals surface area contributed by atoms with E-state index in [0.717, 1.165) is 38.2 Å². The Labute approximate surface area is 176 Å². The zero-order valence-corrected chi connectivity index (χ0v) is 16.9. The Kier molecular flexibility index (Phi) is 6.40. The minimum absolute atomic E-state index is 0.0287. The number of carbonyl (C=O) groups is 1. The fourth-order valence-electron chi connectivity index (χ4n) is 4.30. The number of pyridine rings is 1. The van der Waals surface area contributed by atoms with E-state index in [1.807, 2.05) is 24.3 Å². The van der Waals surface area contributed by atoms with Crippen molar-refractivity contribution >= 4 is 17.7 Å². The van der Waals surface area contributed by atoms with Gasteiger partial charge in [0.15, 0.2) is 0 Å². The lowest BCUT2D eigenvalue weighted by molar-refractivity contribution is -0.131. The Morgan fingerprint density at radius 2 is 1.80 bits per heavy atom. The van der Waals surface area contributed by atoms with Crippen molar-refractivity contribution in [3.8, 4) is 0 Å². The molecule has 0 bridgehead atoms. The van der Waals surface area contributed by atoms with Crippen LogP contribution in [0.4, 0.5) is 10.1 Å². The summed E-state index contributed by atoms with van der Waals surface area (Å²) in [5.41, 5.74) is 1.56. The van der Waals surface area contributed by atoms with Gasteiger partial charge < -0.3 is 14.9 Å². The van der Waals surface area contributed by atoms with Gasteiger partial charge in [-0.2, -0.15) is 0 Å². The normalized spacial score (nSPS) is 23.1. The second-order valence-corrected chi connectivity index (χ2v) is 7.80. The van der Waals surface area contributed by atoms with Crippen molar-refractivity contribution in [1.82, 2.24) is 14.8 Å². The van der Waals surface area contributed by atoms with Crippen LogP contribution in [0.25, 0.3) is 6.08 Å². The van der Waals surface area contributed by atoms with Crippen LogP contribution >= 0.6 is 0 Å². The summed E-state index contributed by atoms with van der Waals surface area (Å²) in [6.45, 7) is 3.94. The number of piperidine rings is 1. The Hall–Kier alpha value is -2.77. The van der Waals surface area contributed by atoms with E-state index in [0.29, 0.717) is 18.8 Å². The quantitative estimate of drug-likeness (QED) is 0.782. The monoisotopic (exact) mass is 410 g/mol. The molecule has 4 rings (SSSR count). The number of aliphatic hydroxyl groups excluding tert-OH is 1. The van der Waals surface area contributed by atoms with Crippen LogP contribution in [0.5, 0.6) is 0 Å². The molecular weight excluding hydrogens is 383 g/mol. The maximum atomic E-state index is 14.0. The van der Waals surface area contributed by atoms with Crippen molar-refractivity contribution in [3.63, 3.8) is 0 Å². The van der Waals surface area contributed by atoms with Gasteiger partial charge in [-0.3, -0.25) is 14.7 Å². The molecule has 0 radical (unpaired) electrons. The summed E-state index contributed by atoms with van der Waals surface area (Å²) >= 11 is 0. The average Bonchev–Trinajstić information content (AvgIpc) is 2.79. The molecule has 7 heteroatoms. The number of rotatable bonds is 4. The number of likely N-dealkylation sites (tertiary alicyclic amines) is 1. The van der Waals surface area contributed by atoms with Gasteiger partial charge in [0.05, 0.1) is 11.8 Å². The number of halogens is 1. The molecule has 0 spiro atoms. The van der Waals surface area contributed by atoms with Gasteiger partial charge in [0.25, 0.3) is 0 Å². The molecule has 1 aromatic heterocycles. The van der Waals surface area contributed by atoms with Crippen LogP contribution in [-0.4, -0.2) is 77.2 Å². The van der Waals surface area contributed by atoms with Crippen molar-refractivity contribution in [1.29, 1.82) is 0 Å². The van der Waals surface area contributed by atoms with E-state index in [9.17, 15) is 14.3 Å². The van der Waals surface area contributed by atoms with E-state index in [1.54, 1.807) is 35.5 Å².